The maximum Gasteiger partial charge on any atom is 0.338 e. The first-order valence-electron chi connectivity index (χ1n) is 10.5. The molecule has 1 aromatic carbocycles. The van der Waals surface area contributed by atoms with Gasteiger partial charge in [-0.25, -0.2) is 4.79 Å². The molecule has 0 fully saturated rings. The summed E-state index contributed by atoms with van der Waals surface area (Å²) in [6.45, 7) is 7.85. The molecule has 0 aliphatic rings. The first-order chi connectivity index (χ1) is 14.3. The summed E-state index contributed by atoms with van der Waals surface area (Å²) in [5.74, 6) is -0.342. The molecule has 0 saturated heterocycles. The highest BCUT2D eigenvalue weighted by Gasteiger charge is 2.04. The number of unbranched alkanes of at least 4 members (excludes halogenated alkanes) is 2. The number of benzene rings is 1. The maximum atomic E-state index is 11.7. The molecule has 0 N–H and O–H groups in total. The summed E-state index contributed by atoms with van der Waals surface area (Å²) in [6.07, 6.45) is 3.54. The standard InChI is InChI=1S/C22H36O7/c1-2-3-7-10-24-11-12-25-13-14-26-15-16-27-17-18-28-19-20-29-22(23)21-8-5-4-6-9-21/h4-6,8-9H,2-3,7,10-20H2,1H3. The average Bonchev–Trinajstić information content (AvgIpc) is 2.75. The Labute approximate surface area is 174 Å². The van der Waals surface area contributed by atoms with E-state index in [9.17, 15) is 4.79 Å². The molecule has 166 valence electrons. The van der Waals surface area contributed by atoms with Crippen LogP contribution in [0.2, 0.25) is 0 Å². The predicted molar refractivity (Wildman–Crippen MR) is 110 cm³/mol. The van der Waals surface area contributed by atoms with Crippen LogP contribution in [0.15, 0.2) is 30.3 Å². The van der Waals surface area contributed by atoms with Crippen LogP contribution < -0.4 is 0 Å². The third kappa shape index (κ3) is 16.0. The van der Waals surface area contributed by atoms with Gasteiger partial charge in [-0.15, -0.1) is 0 Å². The second-order valence-corrected chi connectivity index (χ2v) is 6.27. The fraction of sp³-hybridized carbons (Fsp3) is 0.682. The van der Waals surface area contributed by atoms with Gasteiger partial charge in [0.05, 0.1) is 65.0 Å². The molecule has 0 radical (unpaired) electrons. The van der Waals surface area contributed by atoms with Crippen LogP contribution in [0.4, 0.5) is 0 Å². The van der Waals surface area contributed by atoms with E-state index in [1.807, 2.05) is 6.07 Å². The van der Waals surface area contributed by atoms with E-state index in [0.29, 0.717) is 65.0 Å². The molecule has 7 heteroatoms. The Balaban J connectivity index is 1.72. The van der Waals surface area contributed by atoms with Crippen LogP contribution in [-0.2, 0) is 28.4 Å². The molecule has 0 bridgehead atoms. The average molecular weight is 413 g/mol. The Bertz CT molecular complexity index is 481. The lowest BCUT2D eigenvalue weighted by molar-refractivity contribution is -0.0153. The van der Waals surface area contributed by atoms with Gasteiger partial charge in [-0.05, 0) is 18.6 Å². The van der Waals surface area contributed by atoms with Crippen molar-refractivity contribution in [1.82, 2.24) is 0 Å². The van der Waals surface area contributed by atoms with E-state index in [1.54, 1.807) is 24.3 Å². The second-order valence-electron chi connectivity index (χ2n) is 6.27. The van der Waals surface area contributed by atoms with Crippen LogP contribution in [0.1, 0.15) is 36.5 Å². The molecule has 0 amide bonds. The lowest BCUT2D eigenvalue weighted by Crippen LogP contribution is -2.15. The molecule has 0 aliphatic heterocycles. The predicted octanol–water partition coefficient (Wildman–Crippen LogP) is 3.12. The number of hydrogen-bond donors (Lipinski definition) is 0. The number of carbonyl (C=O) groups excluding carboxylic acids is 1. The lowest BCUT2D eigenvalue weighted by Gasteiger charge is -2.08. The summed E-state index contributed by atoms with van der Waals surface area (Å²) in [5, 5.41) is 0. The van der Waals surface area contributed by atoms with Crippen LogP contribution in [0, 0.1) is 0 Å². The van der Waals surface area contributed by atoms with Crippen molar-refractivity contribution in [2.24, 2.45) is 0 Å². The highest BCUT2D eigenvalue weighted by molar-refractivity contribution is 5.89. The van der Waals surface area contributed by atoms with E-state index >= 15 is 0 Å². The van der Waals surface area contributed by atoms with Crippen LogP contribution in [-0.4, -0.2) is 78.6 Å². The summed E-state index contributed by atoms with van der Waals surface area (Å²) in [5.41, 5.74) is 0.539. The molecule has 29 heavy (non-hydrogen) atoms. The molecule has 1 aromatic rings. The molecule has 0 aromatic heterocycles. The van der Waals surface area contributed by atoms with Crippen molar-refractivity contribution in [2.75, 3.05) is 72.7 Å². The molecule has 0 unspecified atom stereocenters. The highest BCUT2D eigenvalue weighted by Crippen LogP contribution is 2.00. The van der Waals surface area contributed by atoms with Crippen LogP contribution in [0.3, 0.4) is 0 Å². The summed E-state index contributed by atoms with van der Waals surface area (Å²) in [7, 11) is 0. The summed E-state index contributed by atoms with van der Waals surface area (Å²) in [4.78, 5) is 11.7. The Hall–Kier alpha value is -1.51. The molecule has 7 nitrogen and oxygen atoms in total. The van der Waals surface area contributed by atoms with Gasteiger partial charge in [0.1, 0.15) is 6.61 Å². The summed E-state index contributed by atoms with van der Waals surface area (Å²) in [6, 6.07) is 8.88. The largest absolute Gasteiger partial charge is 0.460 e. The van der Waals surface area contributed by atoms with E-state index in [0.717, 1.165) is 13.0 Å². The topological polar surface area (TPSA) is 72.5 Å². The van der Waals surface area contributed by atoms with E-state index in [2.05, 4.69) is 6.92 Å². The third-order valence-electron chi connectivity index (χ3n) is 3.85. The minimum absolute atomic E-state index is 0.223. The molecule has 0 aliphatic carbocycles. The Morgan fingerprint density at radius 2 is 1.07 bits per heavy atom. The second kappa shape index (κ2) is 19.8. The minimum atomic E-state index is -0.342. The quantitative estimate of drug-likeness (QED) is 0.241. The van der Waals surface area contributed by atoms with Crippen LogP contribution in [0.25, 0.3) is 0 Å². The van der Waals surface area contributed by atoms with Gasteiger partial charge in [-0.1, -0.05) is 38.0 Å². The molecule has 0 heterocycles. The van der Waals surface area contributed by atoms with E-state index in [-0.39, 0.29) is 12.6 Å². The number of rotatable bonds is 20. The monoisotopic (exact) mass is 412 g/mol. The smallest absolute Gasteiger partial charge is 0.338 e. The molecular formula is C22H36O7. The van der Waals surface area contributed by atoms with Crippen LogP contribution in [0.5, 0.6) is 0 Å². The van der Waals surface area contributed by atoms with Crippen molar-refractivity contribution >= 4 is 5.97 Å². The highest BCUT2D eigenvalue weighted by atomic mass is 16.6. The lowest BCUT2D eigenvalue weighted by atomic mass is 10.2. The van der Waals surface area contributed by atoms with Gasteiger partial charge in [0.2, 0.25) is 0 Å². The normalized spacial score (nSPS) is 10.9. The fourth-order valence-electron chi connectivity index (χ4n) is 2.29. The molecule has 0 saturated carbocycles. The van der Waals surface area contributed by atoms with Crippen molar-refractivity contribution in [1.29, 1.82) is 0 Å². The van der Waals surface area contributed by atoms with Gasteiger partial charge in [-0.3, -0.25) is 0 Å². The van der Waals surface area contributed by atoms with Gasteiger partial charge in [0.25, 0.3) is 0 Å². The minimum Gasteiger partial charge on any atom is -0.460 e. The molecule has 0 spiro atoms. The summed E-state index contributed by atoms with van der Waals surface area (Å²) >= 11 is 0. The van der Waals surface area contributed by atoms with Gasteiger partial charge in [-0.2, -0.15) is 0 Å². The van der Waals surface area contributed by atoms with Crippen molar-refractivity contribution in [3.63, 3.8) is 0 Å². The zero-order valence-electron chi connectivity index (χ0n) is 17.6. The molecular weight excluding hydrogens is 376 g/mol. The summed E-state index contributed by atoms with van der Waals surface area (Å²) < 4.78 is 32.2. The first kappa shape index (κ1) is 25.5. The maximum absolute atomic E-state index is 11.7. The SMILES string of the molecule is CCCCCOCCOCCOCCOCCOCCOC(=O)c1ccccc1. The van der Waals surface area contributed by atoms with Crippen molar-refractivity contribution in [2.45, 2.75) is 26.2 Å². The van der Waals surface area contributed by atoms with E-state index < -0.39 is 0 Å². The van der Waals surface area contributed by atoms with Gasteiger partial charge < -0.3 is 28.4 Å². The van der Waals surface area contributed by atoms with Crippen molar-refractivity contribution < 1.29 is 33.2 Å². The Morgan fingerprint density at radius 3 is 1.55 bits per heavy atom. The first-order valence-corrected chi connectivity index (χ1v) is 10.5. The van der Waals surface area contributed by atoms with Crippen molar-refractivity contribution in [3.8, 4) is 0 Å². The van der Waals surface area contributed by atoms with E-state index in [1.165, 1.54) is 12.8 Å². The van der Waals surface area contributed by atoms with Gasteiger partial charge in [0, 0.05) is 6.61 Å². The van der Waals surface area contributed by atoms with E-state index in [4.69, 9.17) is 28.4 Å². The van der Waals surface area contributed by atoms with Crippen molar-refractivity contribution in [3.05, 3.63) is 35.9 Å². The zero-order valence-corrected chi connectivity index (χ0v) is 17.6. The Kier molecular flexibility index (Phi) is 17.4. The zero-order chi connectivity index (χ0) is 20.8. The molecule has 1 rings (SSSR count). The molecule has 0 atom stereocenters. The Morgan fingerprint density at radius 1 is 0.621 bits per heavy atom. The number of esters is 1. The van der Waals surface area contributed by atoms with Gasteiger partial charge in [0.15, 0.2) is 0 Å². The van der Waals surface area contributed by atoms with Gasteiger partial charge >= 0.3 is 5.97 Å². The number of carbonyl (C=O) groups is 1. The third-order valence-corrected chi connectivity index (χ3v) is 3.85. The number of hydrogen-bond acceptors (Lipinski definition) is 7. The number of ether oxygens (including phenoxy) is 6. The fourth-order valence-corrected chi connectivity index (χ4v) is 2.29. The van der Waals surface area contributed by atoms with Crippen LogP contribution >= 0.6 is 0 Å².